The molecule has 1 atom stereocenters. The molecule has 0 aliphatic heterocycles. The summed E-state index contributed by atoms with van der Waals surface area (Å²) in [6, 6.07) is 0.478. The summed E-state index contributed by atoms with van der Waals surface area (Å²) in [4.78, 5) is 0. The normalized spacial score (nSPS) is 14.1. The van der Waals surface area contributed by atoms with Crippen LogP contribution in [0.4, 0.5) is 0 Å². The van der Waals surface area contributed by atoms with Gasteiger partial charge in [0.2, 0.25) is 0 Å². The van der Waals surface area contributed by atoms with Gasteiger partial charge >= 0.3 is 0 Å². The second kappa shape index (κ2) is 5.65. The van der Waals surface area contributed by atoms with Gasteiger partial charge in [0.05, 0.1) is 0 Å². The summed E-state index contributed by atoms with van der Waals surface area (Å²) in [5.74, 6) is 0. The van der Waals surface area contributed by atoms with Crippen LogP contribution in [0, 0.1) is 0 Å². The molecule has 0 bridgehead atoms. The van der Waals surface area contributed by atoms with E-state index < -0.39 is 0 Å². The zero-order valence-electron chi connectivity index (χ0n) is 7.05. The van der Waals surface area contributed by atoms with Crippen LogP contribution in [0.1, 0.15) is 20.8 Å². The molecule has 3 nitrogen and oxygen atoms in total. The molecule has 0 amide bonds. The van der Waals surface area contributed by atoms with Gasteiger partial charge in [-0.15, -0.1) is 0 Å². The van der Waals surface area contributed by atoms with Crippen LogP contribution in [-0.2, 0) is 4.74 Å². The van der Waals surface area contributed by atoms with Crippen molar-refractivity contribution in [2.75, 3.05) is 13.2 Å². The Morgan fingerprint density at radius 3 is 2.50 bits per heavy atom. The quantitative estimate of drug-likeness (QED) is 0.549. The maximum Gasteiger partial charge on any atom is 0.118 e. The first kappa shape index (κ1) is 9.88. The molecule has 0 fully saturated rings. The third-order valence-corrected chi connectivity index (χ3v) is 1.11. The molecule has 10 heavy (non-hydrogen) atoms. The van der Waals surface area contributed by atoms with Crippen molar-refractivity contribution in [3.05, 3.63) is 0 Å². The zero-order chi connectivity index (χ0) is 7.98. The van der Waals surface area contributed by atoms with E-state index in [9.17, 15) is 0 Å². The second-order valence-corrected chi connectivity index (χ2v) is 2.56. The minimum absolute atomic E-state index is 0.160. The van der Waals surface area contributed by atoms with Gasteiger partial charge < -0.3 is 15.8 Å². The summed E-state index contributed by atoms with van der Waals surface area (Å²) in [6.45, 7) is 7.51. The van der Waals surface area contributed by atoms with Crippen LogP contribution >= 0.6 is 0 Å². The first-order valence-electron chi connectivity index (χ1n) is 3.77. The Balaban J connectivity index is 3.12. The summed E-state index contributed by atoms with van der Waals surface area (Å²) in [6.07, 6.45) is -0.160. The molecule has 1 unspecified atom stereocenters. The molecule has 0 spiro atoms. The third kappa shape index (κ3) is 6.01. The largest absolute Gasteiger partial charge is 0.363 e. The molecule has 0 radical (unpaired) electrons. The van der Waals surface area contributed by atoms with Gasteiger partial charge in [-0.1, -0.05) is 13.8 Å². The van der Waals surface area contributed by atoms with Gasteiger partial charge in [-0.2, -0.15) is 0 Å². The van der Waals surface area contributed by atoms with E-state index in [1.807, 2.05) is 6.92 Å². The Hall–Kier alpha value is -0.120. The average Bonchev–Trinajstić information content (AvgIpc) is 1.85. The lowest BCUT2D eigenvalue weighted by atomic mass is 10.4. The van der Waals surface area contributed by atoms with Crippen molar-refractivity contribution in [3.63, 3.8) is 0 Å². The van der Waals surface area contributed by atoms with Crippen molar-refractivity contribution in [1.82, 2.24) is 5.32 Å². The first-order valence-corrected chi connectivity index (χ1v) is 3.77. The van der Waals surface area contributed by atoms with Gasteiger partial charge in [0.15, 0.2) is 0 Å². The maximum absolute atomic E-state index is 5.55. The van der Waals surface area contributed by atoms with Crippen molar-refractivity contribution in [1.29, 1.82) is 0 Å². The third-order valence-electron chi connectivity index (χ3n) is 1.11. The van der Waals surface area contributed by atoms with E-state index in [1.165, 1.54) is 0 Å². The van der Waals surface area contributed by atoms with Crippen molar-refractivity contribution >= 4 is 0 Å². The van der Waals surface area contributed by atoms with Crippen LogP contribution < -0.4 is 11.1 Å². The molecule has 3 heteroatoms. The molecule has 0 aromatic heterocycles. The van der Waals surface area contributed by atoms with Gasteiger partial charge in [-0.05, 0) is 6.92 Å². The van der Waals surface area contributed by atoms with Gasteiger partial charge in [0, 0.05) is 19.2 Å². The molecule has 0 aromatic rings. The number of rotatable bonds is 5. The van der Waals surface area contributed by atoms with E-state index >= 15 is 0 Å². The Morgan fingerprint density at radius 2 is 2.10 bits per heavy atom. The van der Waals surface area contributed by atoms with Crippen LogP contribution in [-0.4, -0.2) is 25.4 Å². The van der Waals surface area contributed by atoms with Gasteiger partial charge in [0.25, 0.3) is 0 Å². The summed E-state index contributed by atoms with van der Waals surface area (Å²) in [5, 5.41) is 3.18. The molecule has 0 saturated heterocycles. The number of hydrogen-bond acceptors (Lipinski definition) is 3. The molecule has 0 saturated carbocycles. The molecule has 0 rings (SSSR count). The summed E-state index contributed by atoms with van der Waals surface area (Å²) >= 11 is 0. The second-order valence-electron chi connectivity index (χ2n) is 2.56. The van der Waals surface area contributed by atoms with Crippen LogP contribution in [0.3, 0.4) is 0 Å². The van der Waals surface area contributed by atoms with Gasteiger partial charge in [-0.3, -0.25) is 0 Å². The molecular weight excluding hydrogens is 128 g/mol. The lowest BCUT2D eigenvalue weighted by molar-refractivity contribution is 0.0662. The predicted octanol–water partition coefficient (Wildman–Crippen LogP) is 0.306. The van der Waals surface area contributed by atoms with Gasteiger partial charge in [-0.25, -0.2) is 0 Å². The fourth-order valence-corrected chi connectivity index (χ4v) is 0.625. The SMILES string of the molecule is CCOC(N)CNC(C)C. The molecule has 0 aliphatic carbocycles. The van der Waals surface area contributed by atoms with E-state index in [0.29, 0.717) is 12.6 Å². The van der Waals surface area contributed by atoms with Crippen LogP contribution in [0.5, 0.6) is 0 Å². The fourth-order valence-electron chi connectivity index (χ4n) is 0.625. The Kier molecular flexibility index (Phi) is 5.58. The monoisotopic (exact) mass is 146 g/mol. The van der Waals surface area contributed by atoms with Crippen molar-refractivity contribution < 1.29 is 4.74 Å². The number of ether oxygens (including phenoxy) is 1. The first-order chi connectivity index (χ1) is 4.66. The van der Waals surface area contributed by atoms with Gasteiger partial charge in [0.1, 0.15) is 6.23 Å². The molecule has 62 valence electrons. The Labute approximate surface area is 62.9 Å². The minimum Gasteiger partial charge on any atom is -0.363 e. The van der Waals surface area contributed by atoms with Crippen molar-refractivity contribution in [3.8, 4) is 0 Å². The maximum atomic E-state index is 5.55. The van der Waals surface area contributed by atoms with Crippen molar-refractivity contribution in [2.45, 2.75) is 33.0 Å². The van der Waals surface area contributed by atoms with Crippen molar-refractivity contribution in [2.24, 2.45) is 5.73 Å². The molecule has 3 N–H and O–H groups in total. The summed E-state index contributed by atoms with van der Waals surface area (Å²) in [7, 11) is 0. The van der Waals surface area contributed by atoms with Crippen LogP contribution in [0.15, 0.2) is 0 Å². The highest BCUT2D eigenvalue weighted by atomic mass is 16.5. The van der Waals surface area contributed by atoms with E-state index in [-0.39, 0.29) is 6.23 Å². The van der Waals surface area contributed by atoms with Crippen LogP contribution in [0.2, 0.25) is 0 Å². The highest BCUT2D eigenvalue weighted by molar-refractivity contribution is 4.56. The average molecular weight is 146 g/mol. The zero-order valence-corrected chi connectivity index (χ0v) is 7.05. The highest BCUT2D eigenvalue weighted by Gasteiger charge is 2.00. The minimum atomic E-state index is -0.160. The standard InChI is InChI=1S/C7H18N2O/c1-4-10-7(8)5-9-6(2)3/h6-7,9H,4-5,8H2,1-3H3. The predicted molar refractivity (Wildman–Crippen MR) is 42.7 cm³/mol. The molecule has 0 aliphatic rings. The number of hydrogen-bond donors (Lipinski definition) is 2. The molecular formula is C7H18N2O. The van der Waals surface area contributed by atoms with E-state index in [2.05, 4.69) is 19.2 Å². The summed E-state index contributed by atoms with van der Waals surface area (Å²) < 4.78 is 5.11. The molecule has 0 heterocycles. The lowest BCUT2D eigenvalue weighted by Crippen LogP contribution is -2.38. The fraction of sp³-hybridized carbons (Fsp3) is 1.00. The Bertz CT molecular complexity index is 76.0. The summed E-state index contributed by atoms with van der Waals surface area (Å²) in [5.41, 5.74) is 5.55. The van der Waals surface area contributed by atoms with Crippen LogP contribution in [0.25, 0.3) is 0 Å². The number of nitrogens with two attached hydrogens (primary N) is 1. The topological polar surface area (TPSA) is 47.3 Å². The molecule has 0 aromatic carbocycles. The lowest BCUT2D eigenvalue weighted by Gasteiger charge is -2.14. The van der Waals surface area contributed by atoms with E-state index in [0.717, 1.165) is 6.54 Å². The highest BCUT2D eigenvalue weighted by Crippen LogP contribution is 1.82. The van der Waals surface area contributed by atoms with E-state index in [1.54, 1.807) is 0 Å². The van der Waals surface area contributed by atoms with E-state index in [4.69, 9.17) is 10.5 Å². The smallest absolute Gasteiger partial charge is 0.118 e. The number of nitrogens with one attached hydrogen (secondary N) is 1. The Morgan fingerprint density at radius 1 is 1.50 bits per heavy atom.